The molecular formula is C32H35N5O4. The van der Waals surface area contributed by atoms with E-state index in [0.717, 1.165) is 40.6 Å². The Balaban J connectivity index is 1.30. The highest BCUT2D eigenvalue weighted by atomic mass is 16.6. The largest absolute Gasteiger partial charge is 0.444 e. The van der Waals surface area contributed by atoms with Gasteiger partial charge < -0.3 is 26.4 Å². The van der Waals surface area contributed by atoms with Gasteiger partial charge in [-0.25, -0.2) is 4.79 Å². The smallest absolute Gasteiger partial charge is 0.407 e. The fraction of sp³-hybridized carbons (Fsp3) is 0.250. The Morgan fingerprint density at radius 2 is 1.44 bits per heavy atom. The zero-order chi connectivity index (χ0) is 29.4. The highest BCUT2D eigenvalue weighted by molar-refractivity contribution is 6.07. The van der Waals surface area contributed by atoms with Gasteiger partial charge in [0.1, 0.15) is 5.60 Å². The minimum atomic E-state index is -0.554. The maximum atomic E-state index is 12.5. The number of para-hydroxylation sites is 1. The second-order valence-corrected chi connectivity index (χ2v) is 10.6. The summed E-state index contributed by atoms with van der Waals surface area (Å²) in [5, 5.41) is 9.75. The Bertz CT molecular complexity index is 1530. The van der Waals surface area contributed by atoms with E-state index < -0.39 is 17.6 Å². The number of nitrogens with one attached hydrogen (secondary N) is 3. The lowest BCUT2D eigenvalue weighted by Gasteiger charge is -2.19. The fourth-order valence-corrected chi connectivity index (χ4v) is 4.23. The fourth-order valence-electron chi connectivity index (χ4n) is 4.23. The molecule has 212 valence electrons. The summed E-state index contributed by atoms with van der Waals surface area (Å²) in [4.78, 5) is 40.6. The Morgan fingerprint density at radius 3 is 2.07 bits per heavy atom. The maximum absolute atomic E-state index is 12.5. The summed E-state index contributed by atoms with van der Waals surface area (Å²) in [5.74, 6) is -0.701. The molecule has 0 bridgehead atoms. The molecule has 4 rings (SSSR count). The van der Waals surface area contributed by atoms with Crippen LogP contribution in [0.1, 0.15) is 54.3 Å². The van der Waals surface area contributed by atoms with Gasteiger partial charge >= 0.3 is 6.09 Å². The van der Waals surface area contributed by atoms with Crippen molar-refractivity contribution in [3.8, 4) is 11.1 Å². The standard InChI is InChI=1S/C32H35N5O4/c1-32(2,3)41-31(40)35-19-7-6-18-34-30(39)23-12-10-21(11-13-23)22-14-16-24(17-15-22)37-28-25-8-4-5-9-27(25)36-20-26(28)29(33)38/h4-5,8-17,20H,6-7,18-19H2,1-3H3,(H2,33,38)(H,34,39)(H,35,40)(H,36,37). The number of anilines is 2. The zero-order valence-electron chi connectivity index (χ0n) is 23.5. The first-order valence-electron chi connectivity index (χ1n) is 13.5. The lowest BCUT2D eigenvalue weighted by molar-refractivity contribution is 0.0526. The third-order valence-electron chi connectivity index (χ3n) is 6.23. The number of amides is 3. The number of fused-ring (bicyclic) bond motifs is 1. The highest BCUT2D eigenvalue weighted by Gasteiger charge is 2.16. The molecule has 0 aliphatic heterocycles. The van der Waals surface area contributed by atoms with Crippen molar-refractivity contribution in [3.63, 3.8) is 0 Å². The predicted molar refractivity (Wildman–Crippen MR) is 161 cm³/mol. The Kier molecular flexibility index (Phi) is 9.19. The Hall–Kier alpha value is -4.92. The SMILES string of the molecule is CC(C)(C)OC(=O)NCCCCNC(=O)c1ccc(-c2ccc(Nc3c(C(N)=O)cnc4ccccc34)cc2)cc1. The number of aromatic nitrogens is 1. The average molecular weight is 554 g/mol. The lowest BCUT2D eigenvalue weighted by atomic mass is 10.0. The van der Waals surface area contributed by atoms with Crippen LogP contribution in [0.5, 0.6) is 0 Å². The van der Waals surface area contributed by atoms with Crippen LogP contribution < -0.4 is 21.7 Å². The van der Waals surface area contributed by atoms with E-state index in [4.69, 9.17) is 10.5 Å². The first-order valence-corrected chi connectivity index (χ1v) is 13.5. The van der Waals surface area contributed by atoms with E-state index in [1.807, 2.05) is 81.4 Å². The summed E-state index contributed by atoms with van der Waals surface area (Å²) in [7, 11) is 0. The highest BCUT2D eigenvalue weighted by Crippen LogP contribution is 2.30. The van der Waals surface area contributed by atoms with E-state index in [2.05, 4.69) is 20.9 Å². The van der Waals surface area contributed by atoms with Gasteiger partial charge in [0.05, 0.1) is 16.8 Å². The molecule has 3 amide bonds. The molecule has 0 saturated heterocycles. The Labute approximate surface area is 239 Å². The van der Waals surface area contributed by atoms with Gasteiger partial charge in [-0.1, -0.05) is 42.5 Å². The van der Waals surface area contributed by atoms with Gasteiger partial charge in [0, 0.05) is 35.9 Å². The molecule has 1 heterocycles. The molecular weight excluding hydrogens is 518 g/mol. The third kappa shape index (κ3) is 8.04. The van der Waals surface area contributed by atoms with Gasteiger partial charge in [0.25, 0.3) is 11.8 Å². The van der Waals surface area contributed by atoms with Crippen LogP contribution in [0.4, 0.5) is 16.2 Å². The lowest BCUT2D eigenvalue weighted by Crippen LogP contribution is -2.33. The number of hydrogen-bond acceptors (Lipinski definition) is 6. The second kappa shape index (κ2) is 13.0. The summed E-state index contributed by atoms with van der Waals surface area (Å²) in [5.41, 5.74) is 10.1. The van der Waals surface area contributed by atoms with E-state index in [-0.39, 0.29) is 5.91 Å². The van der Waals surface area contributed by atoms with Crippen molar-refractivity contribution in [3.05, 3.63) is 90.1 Å². The molecule has 0 spiro atoms. The van der Waals surface area contributed by atoms with Crippen LogP contribution in [0.2, 0.25) is 0 Å². The van der Waals surface area contributed by atoms with Gasteiger partial charge in [-0.3, -0.25) is 14.6 Å². The number of pyridine rings is 1. The first kappa shape index (κ1) is 29.1. The summed E-state index contributed by atoms with van der Waals surface area (Å²) < 4.78 is 5.20. The number of rotatable bonds is 10. The molecule has 3 aromatic carbocycles. The van der Waals surface area contributed by atoms with E-state index in [1.54, 1.807) is 12.1 Å². The number of nitrogens with zero attached hydrogens (tertiary/aromatic N) is 1. The molecule has 0 aliphatic rings. The number of ether oxygens (including phenoxy) is 1. The summed E-state index contributed by atoms with van der Waals surface area (Å²) in [6.45, 7) is 6.45. The zero-order valence-corrected chi connectivity index (χ0v) is 23.5. The average Bonchev–Trinajstić information content (AvgIpc) is 2.94. The van der Waals surface area contributed by atoms with Crippen molar-refractivity contribution >= 4 is 40.2 Å². The maximum Gasteiger partial charge on any atom is 0.407 e. The summed E-state index contributed by atoms with van der Waals surface area (Å²) in [6.07, 6.45) is 2.51. The third-order valence-corrected chi connectivity index (χ3v) is 6.23. The molecule has 0 radical (unpaired) electrons. The number of nitrogens with two attached hydrogens (primary N) is 1. The second-order valence-electron chi connectivity index (χ2n) is 10.6. The molecule has 0 aliphatic carbocycles. The monoisotopic (exact) mass is 553 g/mol. The number of primary amides is 1. The summed E-state index contributed by atoms with van der Waals surface area (Å²) in [6, 6.07) is 22.7. The van der Waals surface area contributed by atoms with Crippen molar-refractivity contribution < 1.29 is 19.1 Å². The molecule has 9 heteroatoms. The van der Waals surface area contributed by atoms with E-state index in [0.29, 0.717) is 29.9 Å². The predicted octanol–water partition coefficient (Wildman–Crippen LogP) is 5.78. The minimum Gasteiger partial charge on any atom is -0.444 e. The summed E-state index contributed by atoms with van der Waals surface area (Å²) >= 11 is 0. The van der Waals surface area contributed by atoms with Gasteiger partial charge in [0.15, 0.2) is 0 Å². The first-order chi connectivity index (χ1) is 19.6. The van der Waals surface area contributed by atoms with Gasteiger partial charge in [-0.2, -0.15) is 0 Å². The van der Waals surface area contributed by atoms with Crippen LogP contribution in [-0.2, 0) is 4.74 Å². The van der Waals surface area contributed by atoms with Crippen molar-refractivity contribution in [2.45, 2.75) is 39.2 Å². The van der Waals surface area contributed by atoms with Crippen LogP contribution in [0.25, 0.3) is 22.0 Å². The molecule has 4 aromatic rings. The molecule has 1 aromatic heterocycles. The number of unbranched alkanes of at least 4 members (excludes halogenated alkanes) is 1. The molecule has 0 fully saturated rings. The quantitative estimate of drug-likeness (QED) is 0.184. The van der Waals surface area contributed by atoms with Crippen LogP contribution in [0.3, 0.4) is 0 Å². The normalized spacial score (nSPS) is 11.1. The van der Waals surface area contributed by atoms with E-state index in [9.17, 15) is 14.4 Å². The topological polar surface area (TPSA) is 135 Å². The van der Waals surface area contributed by atoms with Gasteiger partial charge in [-0.05, 0) is 75.1 Å². The number of hydrogen-bond donors (Lipinski definition) is 4. The molecule has 0 atom stereocenters. The van der Waals surface area contributed by atoms with Crippen molar-refractivity contribution in [2.75, 3.05) is 18.4 Å². The van der Waals surface area contributed by atoms with Crippen LogP contribution in [-0.4, -0.2) is 41.6 Å². The van der Waals surface area contributed by atoms with Gasteiger partial charge in [0.2, 0.25) is 0 Å². The van der Waals surface area contributed by atoms with Crippen LogP contribution in [0.15, 0.2) is 79.0 Å². The minimum absolute atomic E-state index is 0.147. The molecule has 0 unspecified atom stereocenters. The van der Waals surface area contributed by atoms with Crippen molar-refractivity contribution in [1.82, 2.24) is 15.6 Å². The van der Waals surface area contributed by atoms with Crippen molar-refractivity contribution in [2.24, 2.45) is 5.73 Å². The van der Waals surface area contributed by atoms with Gasteiger partial charge in [-0.15, -0.1) is 0 Å². The van der Waals surface area contributed by atoms with Crippen molar-refractivity contribution in [1.29, 1.82) is 0 Å². The number of carbonyl (C=O) groups is 3. The molecule has 5 N–H and O–H groups in total. The molecule has 0 saturated carbocycles. The van der Waals surface area contributed by atoms with Crippen LogP contribution >= 0.6 is 0 Å². The number of alkyl carbamates (subject to hydrolysis) is 1. The molecule has 9 nitrogen and oxygen atoms in total. The van der Waals surface area contributed by atoms with Crippen LogP contribution in [0, 0.1) is 0 Å². The van der Waals surface area contributed by atoms with E-state index in [1.165, 1.54) is 6.20 Å². The Morgan fingerprint density at radius 1 is 0.829 bits per heavy atom. The van der Waals surface area contributed by atoms with E-state index >= 15 is 0 Å². The number of benzene rings is 3. The molecule has 41 heavy (non-hydrogen) atoms. The number of carbonyl (C=O) groups excluding carboxylic acids is 3.